The van der Waals surface area contributed by atoms with Crippen LogP contribution in [0.4, 0.5) is 5.69 Å². The van der Waals surface area contributed by atoms with Gasteiger partial charge in [-0.05, 0) is 36.8 Å². The Morgan fingerprint density at radius 3 is 2.53 bits per heavy atom. The Labute approximate surface area is 111 Å². The van der Waals surface area contributed by atoms with Crippen LogP contribution in [0.5, 0.6) is 5.75 Å². The number of aliphatic carboxylic acids is 1. The number of carboxylic acids is 1. The summed E-state index contributed by atoms with van der Waals surface area (Å²) >= 11 is 0. The number of carbonyl (C=O) groups is 2. The van der Waals surface area contributed by atoms with E-state index in [-0.39, 0.29) is 0 Å². The third kappa shape index (κ3) is 6.26. The predicted octanol–water partition coefficient (Wildman–Crippen LogP) is 1.11. The summed E-state index contributed by atoms with van der Waals surface area (Å²) in [7, 11) is 0. The molecule has 0 atom stereocenters. The van der Waals surface area contributed by atoms with E-state index in [1.54, 1.807) is 24.3 Å². The second-order valence-electron chi connectivity index (χ2n) is 3.87. The third-order valence-corrected chi connectivity index (χ3v) is 2.26. The monoisotopic (exact) mass is 262 g/mol. The van der Waals surface area contributed by atoms with Gasteiger partial charge in [-0.2, -0.15) is 0 Å². The minimum atomic E-state index is -1.41. The molecule has 19 heavy (non-hydrogen) atoms. The number of hydrogen-bond donors (Lipinski definition) is 1. The Morgan fingerprint density at radius 2 is 1.95 bits per heavy atom. The number of carboxylic acid groups (broad SMARTS) is 1. The van der Waals surface area contributed by atoms with E-state index < -0.39 is 11.9 Å². The Morgan fingerprint density at radius 1 is 1.26 bits per heavy atom. The smallest absolute Gasteiger partial charge is 0.248 e. The van der Waals surface area contributed by atoms with Crippen molar-refractivity contribution in [3.63, 3.8) is 0 Å². The molecule has 0 aliphatic rings. The van der Waals surface area contributed by atoms with Crippen LogP contribution in [0, 0.1) is 0 Å². The van der Waals surface area contributed by atoms with Gasteiger partial charge in [0, 0.05) is 11.8 Å². The van der Waals surface area contributed by atoms with Crippen molar-refractivity contribution in [3.05, 3.63) is 36.4 Å². The summed E-state index contributed by atoms with van der Waals surface area (Å²) in [5, 5.41) is 12.7. The van der Waals surface area contributed by atoms with Crippen molar-refractivity contribution in [1.82, 2.24) is 0 Å². The van der Waals surface area contributed by atoms with Gasteiger partial charge in [0.1, 0.15) is 5.75 Å². The van der Waals surface area contributed by atoms with Crippen LogP contribution in [0.2, 0.25) is 0 Å². The summed E-state index contributed by atoms with van der Waals surface area (Å²) in [6, 6.07) is 6.86. The van der Waals surface area contributed by atoms with Crippen LogP contribution in [0.15, 0.2) is 36.4 Å². The van der Waals surface area contributed by atoms with Crippen molar-refractivity contribution >= 4 is 17.6 Å². The minimum Gasteiger partial charge on any atom is -0.545 e. The number of hydrogen-bond acceptors (Lipinski definition) is 4. The van der Waals surface area contributed by atoms with Gasteiger partial charge in [-0.1, -0.05) is 13.3 Å². The Balaban J connectivity index is 2.47. The lowest BCUT2D eigenvalue weighted by atomic mass is 10.3. The van der Waals surface area contributed by atoms with Gasteiger partial charge in [-0.25, -0.2) is 0 Å². The topological polar surface area (TPSA) is 78.5 Å². The average Bonchev–Trinajstić information content (AvgIpc) is 2.39. The first kappa shape index (κ1) is 14.8. The summed E-state index contributed by atoms with van der Waals surface area (Å²) < 4.78 is 5.47. The molecule has 1 aromatic rings. The van der Waals surface area contributed by atoms with Crippen LogP contribution >= 0.6 is 0 Å². The standard InChI is InChI=1S/C14H17NO4/c1-2-3-10-19-12-6-4-11(5-7-12)15-13(16)8-9-14(17)18/h4-9H,2-3,10H2,1H3,(H,15,16)(H,17,18)/p-1/b9-8-. The summed E-state index contributed by atoms with van der Waals surface area (Å²) in [5.74, 6) is -1.20. The maximum absolute atomic E-state index is 11.3. The third-order valence-electron chi connectivity index (χ3n) is 2.26. The van der Waals surface area contributed by atoms with E-state index in [1.807, 2.05) is 0 Å². The second kappa shape index (κ2) is 7.92. The molecule has 5 nitrogen and oxygen atoms in total. The lowest BCUT2D eigenvalue weighted by Crippen LogP contribution is -2.20. The van der Waals surface area contributed by atoms with E-state index in [1.165, 1.54) is 0 Å². The number of ether oxygens (including phenoxy) is 1. The molecule has 5 heteroatoms. The van der Waals surface area contributed by atoms with Crippen molar-refractivity contribution < 1.29 is 19.4 Å². The maximum Gasteiger partial charge on any atom is 0.248 e. The molecular weight excluding hydrogens is 246 g/mol. The molecule has 0 heterocycles. The highest BCUT2D eigenvalue weighted by molar-refractivity contribution is 6.02. The summed E-state index contributed by atoms with van der Waals surface area (Å²) in [6.07, 6.45) is 3.64. The molecule has 0 spiro atoms. The van der Waals surface area contributed by atoms with E-state index in [0.29, 0.717) is 18.4 Å². The second-order valence-corrected chi connectivity index (χ2v) is 3.87. The zero-order chi connectivity index (χ0) is 14.1. The van der Waals surface area contributed by atoms with Crippen LogP contribution in [0.1, 0.15) is 19.8 Å². The van der Waals surface area contributed by atoms with E-state index in [9.17, 15) is 14.7 Å². The SMILES string of the molecule is CCCCOc1ccc(NC(=O)/C=C\C(=O)[O-])cc1. The number of benzene rings is 1. The fourth-order valence-corrected chi connectivity index (χ4v) is 1.30. The van der Waals surface area contributed by atoms with Gasteiger partial charge in [0.05, 0.1) is 12.6 Å². The van der Waals surface area contributed by atoms with Crippen molar-refractivity contribution in [2.45, 2.75) is 19.8 Å². The summed E-state index contributed by atoms with van der Waals surface area (Å²) in [6.45, 7) is 2.75. The summed E-state index contributed by atoms with van der Waals surface area (Å²) in [4.78, 5) is 21.4. The molecule has 0 bridgehead atoms. The van der Waals surface area contributed by atoms with Crippen LogP contribution in [-0.2, 0) is 9.59 Å². The van der Waals surface area contributed by atoms with E-state index in [0.717, 1.165) is 24.7 Å². The zero-order valence-electron chi connectivity index (χ0n) is 10.7. The zero-order valence-corrected chi connectivity index (χ0v) is 10.7. The summed E-state index contributed by atoms with van der Waals surface area (Å²) in [5.41, 5.74) is 0.566. The highest BCUT2D eigenvalue weighted by Crippen LogP contribution is 2.15. The van der Waals surface area contributed by atoms with E-state index in [2.05, 4.69) is 12.2 Å². The number of amides is 1. The molecule has 102 valence electrons. The fourth-order valence-electron chi connectivity index (χ4n) is 1.30. The molecular formula is C14H16NO4-. The van der Waals surface area contributed by atoms with Crippen molar-refractivity contribution in [3.8, 4) is 5.75 Å². The first-order chi connectivity index (χ1) is 9.11. The molecule has 1 aromatic carbocycles. The van der Waals surface area contributed by atoms with Gasteiger partial charge in [0.15, 0.2) is 0 Å². The molecule has 0 fully saturated rings. The molecule has 1 rings (SSSR count). The number of unbranched alkanes of at least 4 members (excludes halogenated alkanes) is 1. The van der Waals surface area contributed by atoms with Gasteiger partial charge in [0.2, 0.25) is 5.91 Å². The lowest BCUT2D eigenvalue weighted by molar-refractivity contribution is -0.297. The van der Waals surface area contributed by atoms with Gasteiger partial charge < -0.3 is 20.0 Å². The van der Waals surface area contributed by atoms with E-state index in [4.69, 9.17) is 4.74 Å². The number of nitrogens with one attached hydrogen (secondary N) is 1. The van der Waals surface area contributed by atoms with Gasteiger partial charge in [0.25, 0.3) is 0 Å². The normalized spacial score (nSPS) is 10.4. The molecule has 0 aromatic heterocycles. The molecule has 0 saturated carbocycles. The van der Waals surface area contributed by atoms with E-state index >= 15 is 0 Å². The van der Waals surface area contributed by atoms with Crippen LogP contribution < -0.4 is 15.2 Å². The number of anilines is 1. The number of carbonyl (C=O) groups excluding carboxylic acids is 2. The number of rotatable bonds is 7. The van der Waals surface area contributed by atoms with Crippen molar-refractivity contribution in [1.29, 1.82) is 0 Å². The quantitative estimate of drug-likeness (QED) is 0.589. The molecule has 1 amide bonds. The van der Waals surface area contributed by atoms with Crippen LogP contribution in [0.3, 0.4) is 0 Å². The largest absolute Gasteiger partial charge is 0.545 e. The van der Waals surface area contributed by atoms with Crippen LogP contribution in [0.25, 0.3) is 0 Å². The highest BCUT2D eigenvalue weighted by atomic mass is 16.5. The Kier molecular flexibility index (Phi) is 6.15. The molecule has 1 N–H and O–H groups in total. The predicted molar refractivity (Wildman–Crippen MR) is 69.6 cm³/mol. The van der Waals surface area contributed by atoms with Crippen LogP contribution in [-0.4, -0.2) is 18.5 Å². The van der Waals surface area contributed by atoms with Gasteiger partial charge in [-0.3, -0.25) is 4.79 Å². The molecule has 0 radical (unpaired) electrons. The van der Waals surface area contributed by atoms with Gasteiger partial charge in [-0.15, -0.1) is 0 Å². The molecule has 0 unspecified atom stereocenters. The van der Waals surface area contributed by atoms with Crippen molar-refractivity contribution in [2.75, 3.05) is 11.9 Å². The lowest BCUT2D eigenvalue weighted by Gasteiger charge is -2.06. The Bertz CT molecular complexity index is 451. The first-order valence-corrected chi connectivity index (χ1v) is 6.04. The average molecular weight is 262 g/mol. The minimum absolute atomic E-state index is 0.524. The Hall–Kier alpha value is -2.30. The fraction of sp³-hybridized carbons (Fsp3) is 0.286. The van der Waals surface area contributed by atoms with Crippen molar-refractivity contribution in [2.24, 2.45) is 0 Å². The molecule has 0 saturated heterocycles. The highest BCUT2D eigenvalue weighted by Gasteiger charge is 1.98. The molecule has 0 aliphatic carbocycles. The molecule has 0 aliphatic heterocycles. The maximum atomic E-state index is 11.3. The van der Waals surface area contributed by atoms with Gasteiger partial charge >= 0.3 is 0 Å². The first-order valence-electron chi connectivity index (χ1n) is 6.04.